The SMILES string of the molecule is COc1ccccc1-n1c(SCN2C(=O)c3ccccc3C2=O)nnc1-c1cccs1. The molecule has 0 saturated heterocycles. The number of hydrogen-bond acceptors (Lipinski definition) is 7. The van der Waals surface area contributed by atoms with Gasteiger partial charge in [0, 0.05) is 0 Å². The molecule has 31 heavy (non-hydrogen) atoms. The summed E-state index contributed by atoms with van der Waals surface area (Å²) in [4.78, 5) is 27.6. The first-order valence-corrected chi connectivity index (χ1v) is 11.3. The summed E-state index contributed by atoms with van der Waals surface area (Å²) in [5.74, 6) is 0.876. The molecule has 1 aliphatic rings. The molecule has 0 fully saturated rings. The third-order valence-electron chi connectivity index (χ3n) is 4.90. The van der Waals surface area contributed by atoms with E-state index in [1.807, 2.05) is 46.3 Å². The van der Waals surface area contributed by atoms with Crippen molar-refractivity contribution in [2.45, 2.75) is 5.16 Å². The lowest BCUT2D eigenvalue weighted by Crippen LogP contribution is -2.29. The number of para-hydroxylation sites is 2. The second-order valence-corrected chi connectivity index (χ2v) is 8.51. The zero-order valence-corrected chi connectivity index (χ0v) is 18.0. The molecule has 9 heteroatoms. The molecule has 0 bridgehead atoms. The van der Waals surface area contributed by atoms with E-state index in [1.165, 1.54) is 16.7 Å². The van der Waals surface area contributed by atoms with Crippen LogP contribution in [0, 0.1) is 0 Å². The van der Waals surface area contributed by atoms with Crippen molar-refractivity contribution in [1.82, 2.24) is 19.7 Å². The molecule has 2 aromatic carbocycles. The Bertz CT molecular complexity index is 1250. The van der Waals surface area contributed by atoms with Crippen molar-refractivity contribution in [1.29, 1.82) is 0 Å². The predicted molar refractivity (Wildman–Crippen MR) is 119 cm³/mol. The molecule has 2 amide bonds. The Morgan fingerprint density at radius 2 is 1.65 bits per heavy atom. The second kappa shape index (κ2) is 8.01. The van der Waals surface area contributed by atoms with E-state index in [0.29, 0.717) is 27.9 Å². The summed E-state index contributed by atoms with van der Waals surface area (Å²) in [7, 11) is 1.61. The molecule has 0 unspecified atom stereocenters. The smallest absolute Gasteiger partial charge is 0.262 e. The van der Waals surface area contributed by atoms with Crippen molar-refractivity contribution in [2.24, 2.45) is 0 Å². The van der Waals surface area contributed by atoms with Crippen molar-refractivity contribution in [3.8, 4) is 22.1 Å². The zero-order chi connectivity index (χ0) is 21.4. The van der Waals surface area contributed by atoms with E-state index < -0.39 is 0 Å². The number of thiophene rings is 1. The monoisotopic (exact) mass is 448 g/mol. The largest absolute Gasteiger partial charge is 0.495 e. The fourth-order valence-electron chi connectivity index (χ4n) is 3.44. The summed E-state index contributed by atoms with van der Waals surface area (Å²) in [6.45, 7) is 0. The average molecular weight is 449 g/mol. The number of aromatic nitrogens is 3. The van der Waals surface area contributed by atoms with E-state index >= 15 is 0 Å². The molecule has 2 aromatic heterocycles. The summed E-state index contributed by atoms with van der Waals surface area (Å²) in [6, 6.07) is 18.4. The fraction of sp³-hybridized carbons (Fsp3) is 0.0909. The Morgan fingerprint density at radius 3 is 2.32 bits per heavy atom. The number of hydrogen-bond donors (Lipinski definition) is 0. The van der Waals surface area contributed by atoms with Crippen molar-refractivity contribution < 1.29 is 14.3 Å². The van der Waals surface area contributed by atoms with Gasteiger partial charge >= 0.3 is 0 Å². The first kappa shape index (κ1) is 19.5. The molecule has 0 saturated carbocycles. The van der Waals surface area contributed by atoms with E-state index in [-0.39, 0.29) is 17.7 Å². The topological polar surface area (TPSA) is 77.3 Å². The van der Waals surface area contributed by atoms with E-state index in [2.05, 4.69) is 10.2 Å². The van der Waals surface area contributed by atoms with Crippen LogP contribution < -0.4 is 4.74 Å². The first-order chi connectivity index (χ1) is 15.2. The number of amides is 2. The van der Waals surface area contributed by atoms with Crippen LogP contribution in [0.4, 0.5) is 0 Å². The number of nitrogens with zero attached hydrogens (tertiary/aromatic N) is 4. The number of rotatable bonds is 6. The van der Waals surface area contributed by atoms with Crippen LogP contribution in [0.2, 0.25) is 0 Å². The first-order valence-electron chi connectivity index (χ1n) is 9.39. The molecular weight excluding hydrogens is 432 g/mol. The Kier molecular flexibility index (Phi) is 5.05. The minimum Gasteiger partial charge on any atom is -0.495 e. The van der Waals surface area contributed by atoms with Gasteiger partial charge in [0.15, 0.2) is 11.0 Å². The molecule has 0 radical (unpaired) electrons. The minimum atomic E-state index is -0.296. The van der Waals surface area contributed by atoms with Gasteiger partial charge in [-0.3, -0.25) is 19.1 Å². The highest BCUT2D eigenvalue weighted by Gasteiger charge is 2.35. The predicted octanol–water partition coefficient (Wildman–Crippen LogP) is 4.35. The number of thioether (sulfide) groups is 1. The van der Waals surface area contributed by atoms with Crippen LogP contribution in [0.1, 0.15) is 20.7 Å². The highest BCUT2D eigenvalue weighted by molar-refractivity contribution is 7.99. The normalized spacial score (nSPS) is 13.0. The Balaban J connectivity index is 1.51. The van der Waals surface area contributed by atoms with Crippen molar-refractivity contribution >= 4 is 34.9 Å². The lowest BCUT2D eigenvalue weighted by atomic mass is 10.1. The average Bonchev–Trinajstić information content (AvgIpc) is 3.53. The Hall–Kier alpha value is -3.43. The third-order valence-corrected chi connectivity index (χ3v) is 6.68. The molecule has 7 nitrogen and oxygen atoms in total. The summed E-state index contributed by atoms with van der Waals surface area (Å²) >= 11 is 2.83. The molecule has 1 aliphatic heterocycles. The number of carbonyl (C=O) groups is 2. The van der Waals surface area contributed by atoms with Crippen molar-refractivity contribution in [2.75, 3.05) is 13.0 Å². The highest BCUT2D eigenvalue weighted by Crippen LogP contribution is 2.35. The van der Waals surface area contributed by atoms with Crippen molar-refractivity contribution in [3.05, 3.63) is 77.2 Å². The van der Waals surface area contributed by atoms with E-state index in [1.54, 1.807) is 42.7 Å². The van der Waals surface area contributed by atoms with Gasteiger partial charge in [-0.2, -0.15) is 0 Å². The van der Waals surface area contributed by atoms with Crippen LogP contribution in [0.25, 0.3) is 16.4 Å². The van der Waals surface area contributed by atoms with Gasteiger partial charge in [0.05, 0.1) is 34.7 Å². The van der Waals surface area contributed by atoms with Gasteiger partial charge in [0.1, 0.15) is 5.75 Å². The van der Waals surface area contributed by atoms with Crippen LogP contribution in [-0.4, -0.2) is 44.5 Å². The molecular formula is C22H16N4O3S2. The number of carbonyl (C=O) groups excluding carboxylic acids is 2. The number of ether oxygens (including phenoxy) is 1. The van der Waals surface area contributed by atoms with Crippen LogP contribution in [0.5, 0.6) is 5.75 Å². The molecule has 4 aromatic rings. The van der Waals surface area contributed by atoms with Gasteiger partial charge in [-0.05, 0) is 35.7 Å². The van der Waals surface area contributed by atoms with E-state index in [4.69, 9.17) is 4.74 Å². The summed E-state index contributed by atoms with van der Waals surface area (Å²) in [6.07, 6.45) is 0. The second-order valence-electron chi connectivity index (χ2n) is 6.65. The quantitative estimate of drug-likeness (QED) is 0.322. The number of fused-ring (bicyclic) bond motifs is 1. The van der Waals surface area contributed by atoms with Crippen LogP contribution in [0.3, 0.4) is 0 Å². The summed E-state index contributed by atoms with van der Waals surface area (Å²) < 4.78 is 7.45. The molecule has 3 heterocycles. The summed E-state index contributed by atoms with van der Waals surface area (Å²) in [5.41, 5.74) is 1.64. The maximum Gasteiger partial charge on any atom is 0.262 e. The van der Waals surface area contributed by atoms with Gasteiger partial charge in [-0.25, -0.2) is 0 Å². The third kappa shape index (κ3) is 3.31. The molecule has 154 valence electrons. The zero-order valence-electron chi connectivity index (χ0n) is 16.4. The molecule has 5 rings (SSSR count). The highest BCUT2D eigenvalue weighted by atomic mass is 32.2. The van der Waals surface area contributed by atoms with Gasteiger partial charge in [0.25, 0.3) is 11.8 Å². The maximum absolute atomic E-state index is 12.7. The van der Waals surface area contributed by atoms with Gasteiger partial charge in [0.2, 0.25) is 0 Å². The van der Waals surface area contributed by atoms with Crippen molar-refractivity contribution in [3.63, 3.8) is 0 Å². The standard InChI is InChI=1S/C22H16N4O3S2/c1-29-17-10-5-4-9-16(17)26-19(18-11-6-12-30-18)23-24-22(26)31-13-25-20(27)14-7-2-3-8-15(14)21(25)28/h2-12H,13H2,1H3. The van der Waals surface area contributed by atoms with Gasteiger partial charge in [-0.15, -0.1) is 21.5 Å². The lowest BCUT2D eigenvalue weighted by Gasteiger charge is -2.15. The van der Waals surface area contributed by atoms with Gasteiger partial charge < -0.3 is 4.74 Å². The maximum atomic E-state index is 12.7. The molecule has 0 N–H and O–H groups in total. The van der Waals surface area contributed by atoms with Gasteiger partial charge in [-0.1, -0.05) is 42.1 Å². The lowest BCUT2D eigenvalue weighted by molar-refractivity contribution is 0.0684. The van der Waals surface area contributed by atoms with Crippen LogP contribution >= 0.6 is 23.1 Å². The Labute approximate surface area is 186 Å². The summed E-state index contributed by atoms with van der Waals surface area (Å²) in [5, 5.41) is 11.3. The van der Waals surface area contributed by atoms with Crippen LogP contribution in [-0.2, 0) is 0 Å². The number of imide groups is 1. The fourth-order valence-corrected chi connectivity index (χ4v) is 5.03. The number of benzene rings is 2. The Morgan fingerprint density at radius 1 is 0.935 bits per heavy atom. The molecule has 0 aliphatic carbocycles. The molecule has 0 spiro atoms. The van der Waals surface area contributed by atoms with Crippen LogP contribution in [0.15, 0.2) is 71.2 Å². The number of methoxy groups -OCH3 is 1. The van der Waals surface area contributed by atoms with E-state index in [0.717, 1.165) is 10.6 Å². The molecule has 0 atom stereocenters. The van der Waals surface area contributed by atoms with E-state index in [9.17, 15) is 9.59 Å². The minimum absolute atomic E-state index is 0.129.